The highest BCUT2D eigenvalue weighted by molar-refractivity contribution is 6.03. The van der Waals surface area contributed by atoms with Crippen molar-refractivity contribution < 1.29 is 14.7 Å². The van der Waals surface area contributed by atoms with Crippen molar-refractivity contribution in [2.45, 2.75) is 44.6 Å². The second-order valence-corrected chi connectivity index (χ2v) is 5.96. The third-order valence-electron chi connectivity index (χ3n) is 4.74. The van der Waals surface area contributed by atoms with Gasteiger partial charge in [0.1, 0.15) is 5.69 Å². The van der Waals surface area contributed by atoms with Gasteiger partial charge in [0.25, 0.3) is 5.91 Å². The van der Waals surface area contributed by atoms with Crippen molar-refractivity contribution >= 4 is 11.9 Å². The van der Waals surface area contributed by atoms with Crippen LogP contribution in [0.3, 0.4) is 0 Å². The minimum atomic E-state index is -1.09. The number of carbonyl (C=O) groups is 2. The number of pyridine rings is 1. The molecule has 5 nitrogen and oxygen atoms in total. The molecule has 1 aliphatic carbocycles. The first-order valence-corrected chi connectivity index (χ1v) is 7.68. The van der Waals surface area contributed by atoms with Crippen LogP contribution in [0.15, 0.2) is 18.3 Å². The number of amides is 1. The SMILES string of the molecule is O=C(O)c1cccnc1C(=O)N1CCCC1C1CCCC1. The molecule has 1 saturated carbocycles. The molecule has 1 atom stereocenters. The van der Waals surface area contributed by atoms with Crippen molar-refractivity contribution in [2.24, 2.45) is 5.92 Å². The Bertz CT molecular complexity index is 552. The van der Waals surface area contributed by atoms with Gasteiger partial charge in [-0.2, -0.15) is 0 Å². The first kappa shape index (κ1) is 14.0. The van der Waals surface area contributed by atoms with E-state index in [1.54, 1.807) is 6.07 Å². The smallest absolute Gasteiger partial charge is 0.338 e. The summed E-state index contributed by atoms with van der Waals surface area (Å²) in [4.78, 5) is 29.9. The van der Waals surface area contributed by atoms with Crippen LogP contribution in [-0.4, -0.2) is 39.5 Å². The third kappa shape index (κ3) is 2.64. The molecule has 1 amide bonds. The van der Waals surface area contributed by atoms with E-state index in [1.165, 1.54) is 37.9 Å². The Hall–Kier alpha value is -1.91. The summed E-state index contributed by atoms with van der Waals surface area (Å²) in [5.41, 5.74) is 0.0782. The Labute approximate surface area is 124 Å². The fourth-order valence-electron chi connectivity index (χ4n) is 3.76. The second kappa shape index (κ2) is 5.84. The first-order valence-electron chi connectivity index (χ1n) is 7.68. The first-order chi connectivity index (χ1) is 10.2. The van der Waals surface area contributed by atoms with E-state index >= 15 is 0 Å². The zero-order chi connectivity index (χ0) is 14.8. The van der Waals surface area contributed by atoms with Gasteiger partial charge in [0.2, 0.25) is 0 Å². The number of aromatic carboxylic acids is 1. The van der Waals surface area contributed by atoms with Crippen LogP contribution in [0.25, 0.3) is 0 Å². The molecule has 1 aliphatic heterocycles. The summed E-state index contributed by atoms with van der Waals surface area (Å²) < 4.78 is 0. The molecular formula is C16H20N2O3. The summed E-state index contributed by atoms with van der Waals surface area (Å²) in [6.07, 6.45) is 8.37. The van der Waals surface area contributed by atoms with Crippen molar-refractivity contribution in [1.82, 2.24) is 9.88 Å². The third-order valence-corrected chi connectivity index (χ3v) is 4.74. The molecule has 1 unspecified atom stereocenters. The molecule has 0 radical (unpaired) electrons. The van der Waals surface area contributed by atoms with Crippen LogP contribution < -0.4 is 0 Å². The van der Waals surface area contributed by atoms with Gasteiger partial charge in [-0.05, 0) is 43.7 Å². The molecule has 0 bridgehead atoms. The van der Waals surface area contributed by atoms with E-state index in [0.717, 1.165) is 19.4 Å². The van der Waals surface area contributed by atoms with Crippen LogP contribution in [0.2, 0.25) is 0 Å². The summed E-state index contributed by atoms with van der Waals surface area (Å²) in [7, 11) is 0. The van der Waals surface area contributed by atoms with E-state index in [0.29, 0.717) is 5.92 Å². The van der Waals surface area contributed by atoms with Crippen LogP contribution in [0.5, 0.6) is 0 Å². The predicted octanol–water partition coefficient (Wildman–Crippen LogP) is 2.57. The maximum Gasteiger partial charge on any atom is 0.338 e. The molecule has 1 aromatic rings. The normalized spacial score (nSPS) is 22.7. The number of carboxylic acids is 1. The van der Waals surface area contributed by atoms with E-state index in [4.69, 9.17) is 0 Å². The van der Waals surface area contributed by atoms with Gasteiger partial charge in [-0.15, -0.1) is 0 Å². The van der Waals surface area contributed by atoms with Crippen molar-refractivity contribution in [1.29, 1.82) is 0 Å². The van der Waals surface area contributed by atoms with E-state index in [1.807, 2.05) is 4.90 Å². The molecule has 0 spiro atoms. The van der Waals surface area contributed by atoms with Crippen LogP contribution in [0.4, 0.5) is 0 Å². The maximum atomic E-state index is 12.7. The Balaban J connectivity index is 1.85. The quantitative estimate of drug-likeness (QED) is 0.928. The van der Waals surface area contributed by atoms with Gasteiger partial charge >= 0.3 is 5.97 Å². The largest absolute Gasteiger partial charge is 0.478 e. The van der Waals surface area contributed by atoms with E-state index in [9.17, 15) is 14.7 Å². The average Bonchev–Trinajstić information content (AvgIpc) is 3.16. The van der Waals surface area contributed by atoms with Gasteiger partial charge in [-0.3, -0.25) is 9.78 Å². The van der Waals surface area contributed by atoms with Crippen molar-refractivity contribution in [2.75, 3.05) is 6.54 Å². The summed E-state index contributed by atoms with van der Waals surface area (Å²) in [5.74, 6) is -0.737. The molecule has 1 aromatic heterocycles. The lowest BCUT2D eigenvalue weighted by Crippen LogP contribution is -2.40. The highest BCUT2D eigenvalue weighted by Crippen LogP contribution is 2.36. The van der Waals surface area contributed by atoms with Crippen molar-refractivity contribution in [3.05, 3.63) is 29.6 Å². The molecule has 3 rings (SSSR count). The predicted molar refractivity (Wildman–Crippen MR) is 77.2 cm³/mol. The second-order valence-electron chi connectivity index (χ2n) is 5.96. The number of rotatable bonds is 3. The lowest BCUT2D eigenvalue weighted by Gasteiger charge is -2.29. The monoisotopic (exact) mass is 288 g/mol. The summed E-state index contributed by atoms with van der Waals surface area (Å²) in [6.45, 7) is 0.718. The van der Waals surface area contributed by atoms with Crippen LogP contribution in [0.1, 0.15) is 59.4 Å². The molecule has 2 aliphatic rings. The van der Waals surface area contributed by atoms with Crippen molar-refractivity contribution in [3.8, 4) is 0 Å². The minimum Gasteiger partial charge on any atom is -0.478 e. The standard InChI is InChI=1S/C16H20N2O3/c19-15(14-12(16(20)21)7-3-9-17-14)18-10-4-8-13(18)11-5-1-2-6-11/h3,7,9,11,13H,1-2,4-6,8,10H2,(H,20,21). The van der Waals surface area contributed by atoms with Crippen LogP contribution in [-0.2, 0) is 0 Å². The number of likely N-dealkylation sites (tertiary alicyclic amines) is 1. The van der Waals surface area contributed by atoms with Crippen molar-refractivity contribution in [3.63, 3.8) is 0 Å². The molecule has 2 fully saturated rings. The van der Waals surface area contributed by atoms with Gasteiger partial charge in [-0.25, -0.2) is 4.79 Å². The Morgan fingerprint density at radius 1 is 1.19 bits per heavy atom. The van der Waals surface area contributed by atoms with Gasteiger partial charge in [-0.1, -0.05) is 12.8 Å². The zero-order valence-electron chi connectivity index (χ0n) is 12.0. The topological polar surface area (TPSA) is 70.5 Å². The van der Waals surface area contributed by atoms with Crippen LogP contribution >= 0.6 is 0 Å². The number of nitrogens with zero attached hydrogens (tertiary/aromatic N) is 2. The van der Waals surface area contributed by atoms with E-state index < -0.39 is 5.97 Å². The van der Waals surface area contributed by atoms with Gasteiger partial charge in [0, 0.05) is 18.8 Å². The number of carbonyl (C=O) groups excluding carboxylic acids is 1. The number of aromatic nitrogens is 1. The number of hydrogen-bond donors (Lipinski definition) is 1. The molecule has 5 heteroatoms. The highest BCUT2D eigenvalue weighted by Gasteiger charge is 2.37. The molecular weight excluding hydrogens is 268 g/mol. The molecule has 1 N–H and O–H groups in total. The Morgan fingerprint density at radius 3 is 2.67 bits per heavy atom. The summed E-state index contributed by atoms with van der Waals surface area (Å²) in [6, 6.07) is 3.27. The fraction of sp³-hybridized carbons (Fsp3) is 0.562. The van der Waals surface area contributed by atoms with Crippen LogP contribution in [0, 0.1) is 5.92 Å². The Kier molecular flexibility index (Phi) is 3.90. The molecule has 0 aromatic carbocycles. The van der Waals surface area contributed by atoms with Gasteiger partial charge < -0.3 is 10.0 Å². The average molecular weight is 288 g/mol. The zero-order valence-corrected chi connectivity index (χ0v) is 12.0. The molecule has 21 heavy (non-hydrogen) atoms. The maximum absolute atomic E-state index is 12.7. The molecule has 112 valence electrons. The highest BCUT2D eigenvalue weighted by atomic mass is 16.4. The fourth-order valence-corrected chi connectivity index (χ4v) is 3.76. The summed E-state index contributed by atoms with van der Waals surface area (Å²) >= 11 is 0. The number of hydrogen-bond acceptors (Lipinski definition) is 3. The molecule has 1 saturated heterocycles. The lowest BCUT2D eigenvalue weighted by atomic mass is 9.95. The summed E-state index contributed by atoms with van der Waals surface area (Å²) in [5, 5.41) is 9.22. The lowest BCUT2D eigenvalue weighted by molar-refractivity contribution is 0.0645. The molecule has 2 heterocycles. The van der Waals surface area contributed by atoms with Gasteiger partial charge in [0.15, 0.2) is 0 Å². The van der Waals surface area contributed by atoms with E-state index in [2.05, 4.69) is 4.98 Å². The minimum absolute atomic E-state index is 0.000396. The number of carboxylic acid groups (broad SMARTS) is 1. The van der Waals surface area contributed by atoms with E-state index in [-0.39, 0.29) is 23.2 Å². The van der Waals surface area contributed by atoms with Gasteiger partial charge in [0.05, 0.1) is 5.56 Å². The Morgan fingerprint density at radius 2 is 1.95 bits per heavy atom.